The van der Waals surface area contributed by atoms with E-state index in [1.807, 2.05) is 13.8 Å². The molecule has 20 heavy (non-hydrogen) atoms. The van der Waals surface area contributed by atoms with Crippen LogP contribution in [0.2, 0.25) is 0 Å². The van der Waals surface area contributed by atoms with E-state index >= 15 is 0 Å². The number of rotatable bonds is 6. The zero-order chi connectivity index (χ0) is 14.5. The van der Waals surface area contributed by atoms with E-state index in [0.717, 1.165) is 19.3 Å². The van der Waals surface area contributed by atoms with Crippen molar-refractivity contribution in [2.45, 2.75) is 52.0 Å². The topological polar surface area (TPSA) is 101 Å². The first-order chi connectivity index (χ1) is 9.61. The maximum absolute atomic E-state index is 12.1. The monoisotopic (exact) mass is 279 g/mol. The lowest BCUT2D eigenvalue weighted by Gasteiger charge is -2.18. The molecular weight excluding hydrogens is 258 g/mol. The van der Waals surface area contributed by atoms with E-state index in [9.17, 15) is 9.59 Å². The van der Waals surface area contributed by atoms with E-state index in [1.165, 1.54) is 0 Å². The molecule has 1 fully saturated rings. The van der Waals surface area contributed by atoms with E-state index in [-0.39, 0.29) is 29.6 Å². The van der Waals surface area contributed by atoms with Crippen molar-refractivity contribution in [2.24, 2.45) is 11.8 Å². The van der Waals surface area contributed by atoms with Crippen molar-refractivity contribution >= 4 is 11.7 Å². The molecule has 0 spiro atoms. The van der Waals surface area contributed by atoms with Crippen molar-refractivity contribution in [3.63, 3.8) is 0 Å². The van der Waals surface area contributed by atoms with Gasteiger partial charge in [-0.15, -0.1) is 10.2 Å². The molecule has 2 rings (SSSR count). The number of carbonyl (C=O) groups excluding carboxylic acids is 2. The number of hydrogen-bond acceptors (Lipinski definition) is 5. The number of amides is 1. The molecule has 2 N–H and O–H groups in total. The summed E-state index contributed by atoms with van der Waals surface area (Å²) in [5, 5.41) is 16.7. The van der Waals surface area contributed by atoms with Crippen molar-refractivity contribution < 1.29 is 9.59 Å². The minimum atomic E-state index is -0.210. The number of carbonyl (C=O) groups is 2. The van der Waals surface area contributed by atoms with E-state index < -0.39 is 0 Å². The number of nitrogens with zero attached hydrogens (tertiary/aromatic N) is 3. The average Bonchev–Trinajstić information content (AvgIpc) is 3.04. The fourth-order valence-corrected chi connectivity index (χ4v) is 2.71. The van der Waals surface area contributed by atoms with Crippen LogP contribution in [-0.2, 0) is 9.59 Å². The highest BCUT2D eigenvalue weighted by molar-refractivity contribution is 5.85. The normalized spacial score (nSPS) is 23.8. The van der Waals surface area contributed by atoms with Gasteiger partial charge in [-0.3, -0.25) is 9.59 Å². The third-order valence-electron chi connectivity index (χ3n) is 4.01. The van der Waals surface area contributed by atoms with E-state index in [1.54, 1.807) is 0 Å². The number of nitrogens with one attached hydrogen (secondary N) is 2. The molecule has 0 aliphatic heterocycles. The molecule has 1 aromatic rings. The Hall–Kier alpha value is -1.79. The van der Waals surface area contributed by atoms with Crippen LogP contribution in [0.25, 0.3) is 0 Å². The van der Waals surface area contributed by atoms with Gasteiger partial charge in [0.2, 0.25) is 5.91 Å². The predicted molar refractivity (Wildman–Crippen MR) is 71.5 cm³/mol. The fourth-order valence-electron chi connectivity index (χ4n) is 2.71. The van der Waals surface area contributed by atoms with Gasteiger partial charge in [-0.2, -0.15) is 5.21 Å². The Morgan fingerprint density at radius 1 is 1.55 bits per heavy atom. The molecule has 3 unspecified atom stereocenters. The molecule has 1 aliphatic rings. The number of H-pyrrole nitrogens is 1. The summed E-state index contributed by atoms with van der Waals surface area (Å²) in [5.74, 6) is 0.896. The van der Waals surface area contributed by atoms with Gasteiger partial charge in [0.1, 0.15) is 5.78 Å². The maximum atomic E-state index is 12.1. The third kappa shape index (κ3) is 3.40. The maximum Gasteiger partial charge on any atom is 0.220 e. The lowest BCUT2D eigenvalue weighted by atomic mass is 9.94. The second-order valence-corrected chi connectivity index (χ2v) is 5.44. The van der Waals surface area contributed by atoms with Crippen LogP contribution in [-0.4, -0.2) is 32.3 Å². The Balaban J connectivity index is 1.90. The van der Waals surface area contributed by atoms with Crippen LogP contribution < -0.4 is 5.32 Å². The van der Waals surface area contributed by atoms with Gasteiger partial charge in [0, 0.05) is 18.8 Å². The molecule has 1 heterocycles. The summed E-state index contributed by atoms with van der Waals surface area (Å²) in [7, 11) is 0. The minimum absolute atomic E-state index is 0.00412. The van der Waals surface area contributed by atoms with Crippen LogP contribution in [0.4, 0.5) is 0 Å². The summed E-state index contributed by atoms with van der Waals surface area (Å²) >= 11 is 0. The van der Waals surface area contributed by atoms with Crippen LogP contribution in [0.15, 0.2) is 0 Å². The molecule has 110 valence electrons. The second kappa shape index (κ2) is 6.58. The van der Waals surface area contributed by atoms with Crippen molar-refractivity contribution in [2.75, 3.05) is 0 Å². The number of Topliss-reactive ketones (excluding diaryl/α,β-unsaturated/α-hetero) is 1. The summed E-state index contributed by atoms with van der Waals surface area (Å²) in [5.41, 5.74) is 0. The van der Waals surface area contributed by atoms with Gasteiger partial charge in [-0.25, -0.2) is 0 Å². The molecule has 1 aromatic heterocycles. The van der Waals surface area contributed by atoms with Gasteiger partial charge in [-0.1, -0.05) is 25.5 Å². The number of aromatic amines is 1. The van der Waals surface area contributed by atoms with Gasteiger partial charge in [0.25, 0.3) is 0 Å². The van der Waals surface area contributed by atoms with Gasteiger partial charge >= 0.3 is 0 Å². The first kappa shape index (κ1) is 14.6. The highest BCUT2D eigenvalue weighted by Crippen LogP contribution is 2.31. The molecule has 7 heteroatoms. The molecule has 0 aromatic carbocycles. The summed E-state index contributed by atoms with van der Waals surface area (Å²) in [6, 6.07) is -0.210. The highest BCUT2D eigenvalue weighted by Gasteiger charge is 2.32. The quantitative estimate of drug-likeness (QED) is 0.813. The molecule has 1 amide bonds. The molecule has 1 aliphatic carbocycles. The van der Waals surface area contributed by atoms with Gasteiger partial charge in [0.15, 0.2) is 5.82 Å². The molecular formula is C13H21N5O2. The first-order valence-electron chi connectivity index (χ1n) is 7.17. The number of tetrazole rings is 1. The van der Waals surface area contributed by atoms with E-state index in [0.29, 0.717) is 18.7 Å². The number of hydrogen-bond donors (Lipinski definition) is 2. The van der Waals surface area contributed by atoms with Crippen LogP contribution >= 0.6 is 0 Å². The van der Waals surface area contributed by atoms with Crippen LogP contribution in [0.3, 0.4) is 0 Å². The number of ketones is 1. The molecule has 0 radical (unpaired) electrons. The Morgan fingerprint density at radius 3 is 2.90 bits per heavy atom. The van der Waals surface area contributed by atoms with E-state index in [4.69, 9.17) is 0 Å². The van der Waals surface area contributed by atoms with Gasteiger partial charge in [0.05, 0.1) is 6.04 Å². The van der Waals surface area contributed by atoms with Crippen molar-refractivity contribution in [1.29, 1.82) is 0 Å². The van der Waals surface area contributed by atoms with Gasteiger partial charge in [-0.05, 0) is 18.8 Å². The zero-order valence-corrected chi connectivity index (χ0v) is 11.9. The molecule has 3 atom stereocenters. The zero-order valence-electron chi connectivity index (χ0n) is 11.9. The molecule has 0 bridgehead atoms. The predicted octanol–water partition coefficient (Wildman–Crippen LogP) is 1.16. The van der Waals surface area contributed by atoms with Crippen LogP contribution in [0.5, 0.6) is 0 Å². The molecule has 7 nitrogen and oxygen atoms in total. The van der Waals surface area contributed by atoms with Crippen LogP contribution in [0, 0.1) is 11.8 Å². The lowest BCUT2D eigenvalue weighted by molar-refractivity contribution is -0.123. The SMILES string of the molecule is CCCC(NC(=O)CC1CCC(=O)C1C)c1nn[nH]n1. The Labute approximate surface area is 117 Å². The first-order valence-corrected chi connectivity index (χ1v) is 7.17. The Morgan fingerprint density at radius 2 is 2.35 bits per heavy atom. The molecule has 0 saturated heterocycles. The van der Waals surface area contributed by atoms with Crippen LogP contribution in [0.1, 0.15) is 57.8 Å². The van der Waals surface area contributed by atoms with Gasteiger partial charge < -0.3 is 5.32 Å². The Kier molecular flexibility index (Phi) is 4.81. The lowest BCUT2D eigenvalue weighted by Crippen LogP contribution is -2.31. The van der Waals surface area contributed by atoms with Crippen molar-refractivity contribution in [1.82, 2.24) is 25.9 Å². The minimum Gasteiger partial charge on any atom is -0.346 e. The average molecular weight is 279 g/mol. The summed E-state index contributed by atoms with van der Waals surface area (Å²) < 4.78 is 0. The Bertz CT molecular complexity index is 459. The summed E-state index contributed by atoms with van der Waals surface area (Å²) in [4.78, 5) is 23.6. The summed E-state index contributed by atoms with van der Waals surface area (Å²) in [6.07, 6.45) is 3.49. The number of aromatic nitrogens is 4. The molecule has 1 saturated carbocycles. The second-order valence-electron chi connectivity index (χ2n) is 5.44. The smallest absolute Gasteiger partial charge is 0.220 e. The fraction of sp³-hybridized carbons (Fsp3) is 0.769. The highest BCUT2D eigenvalue weighted by atomic mass is 16.1. The van der Waals surface area contributed by atoms with Crippen molar-refractivity contribution in [3.05, 3.63) is 5.82 Å². The standard InChI is InChI=1S/C13H21N5O2/c1-3-4-10(13-15-17-18-16-13)14-12(20)7-9-5-6-11(19)8(9)2/h8-10H,3-7H2,1-2H3,(H,14,20)(H,15,16,17,18). The van der Waals surface area contributed by atoms with Crippen molar-refractivity contribution in [3.8, 4) is 0 Å². The summed E-state index contributed by atoms with van der Waals surface area (Å²) in [6.45, 7) is 3.95. The largest absolute Gasteiger partial charge is 0.346 e. The third-order valence-corrected chi connectivity index (χ3v) is 4.01. The van der Waals surface area contributed by atoms with E-state index in [2.05, 4.69) is 25.9 Å².